The lowest BCUT2D eigenvalue weighted by Crippen LogP contribution is -2.38. The maximum absolute atomic E-state index is 13.4. The first-order chi connectivity index (χ1) is 16.4. The molecule has 0 aliphatic heterocycles. The highest BCUT2D eigenvalue weighted by molar-refractivity contribution is 7.92. The third kappa shape index (κ3) is 5.93. The highest BCUT2D eigenvalue weighted by Crippen LogP contribution is 2.26. The number of anilines is 2. The average Bonchev–Trinajstić information content (AvgIpc) is 2.84. The van der Waals surface area contributed by atoms with Crippen LogP contribution in [-0.2, 0) is 19.6 Å². The van der Waals surface area contributed by atoms with Crippen molar-refractivity contribution in [1.82, 2.24) is 0 Å². The predicted molar refractivity (Wildman–Crippen MR) is 130 cm³/mol. The van der Waals surface area contributed by atoms with Crippen LogP contribution in [0.25, 0.3) is 0 Å². The van der Waals surface area contributed by atoms with Crippen LogP contribution < -0.4 is 14.4 Å². The van der Waals surface area contributed by atoms with Gasteiger partial charge in [-0.3, -0.25) is 9.10 Å². The Labute approximate surface area is 199 Å². The van der Waals surface area contributed by atoms with Crippen molar-refractivity contribution in [3.8, 4) is 5.75 Å². The first-order valence-electron chi connectivity index (χ1n) is 10.7. The van der Waals surface area contributed by atoms with Crippen molar-refractivity contribution in [2.24, 2.45) is 0 Å². The van der Waals surface area contributed by atoms with E-state index in [4.69, 9.17) is 9.47 Å². The lowest BCUT2D eigenvalue weighted by atomic mass is 10.2. The summed E-state index contributed by atoms with van der Waals surface area (Å²) >= 11 is 0. The van der Waals surface area contributed by atoms with E-state index in [0.717, 1.165) is 4.31 Å². The van der Waals surface area contributed by atoms with Gasteiger partial charge in [0.1, 0.15) is 12.3 Å². The average molecular weight is 483 g/mol. The summed E-state index contributed by atoms with van der Waals surface area (Å²) in [6, 6.07) is 20.7. The molecule has 0 heterocycles. The molecule has 0 radical (unpaired) electrons. The minimum absolute atomic E-state index is 0.0450. The number of sulfonamides is 1. The summed E-state index contributed by atoms with van der Waals surface area (Å²) in [4.78, 5) is 25.3. The molecule has 1 N–H and O–H groups in total. The summed E-state index contributed by atoms with van der Waals surface area (Å²) in [7, 11) is -4.06. The molecule has 0 atom stereocenters. The molecule has 0 saturated carbocycles. The van der Waals surface area contributed by atoms with Gasteiger partial charge in [0, 0.05) is 0 Å². The molecule has 0 bridgehead atoms. The van der Waals surface area contributed by atoms with Gasteiger partial charge in [-0.25, -0.2) is 13.2 Å². The molecule has 0 aliphatic rings. The lowest BCUT2D eigenvalue weighted by molar-refractivity contribution is -0.114. The summed E-state index contributed by atoms with van der Waals surface area (Å²) in [6.07, 6.45) is 0. The number of ether oxygens (including phenoxy) is 2. The number of hydrogen-bond acceptors (Lipinski definition) is 6. The number of hydrogen-bond donors (Lipinski definition) is 1. The van der Waals surface area contributed by atoms with Crippen LogP contribution in [-0.4, -0.2) is 40.1 Å². The van der Waals surface area contributed by atoms with Gasteiger partial charge in [0.25, 0.3) is 10.0 Å². The molecule has 178 valence electrons. The molecule has 0 fully saturated rings. The number of para-hydroxylation sites is 1. The SMILES string of the molecule is CCOC(=O)c1ccccc1NC(=O)CN(c1ccc(OCC)cc1)S(=O)(=O)c1ccccc1. The van der Waals surface area contributed by atoms with Crippen LogP contribution in [0.3, 0.4) is 0 Å². The van der Waals surface area contributed by atoms with Gasteiger partial charge in [0.15, 0.2) is 0 Å². The van der Waals surface area contributed by atoms with Gasteiger partial charge in [-0.05, 0) is 62.4 Å². The Kier molecular flexibility index (Phi) is 8.26. The van der Waals surface area contributed by atoms with E-state index in [9.17, 15) is 18.0 Å². The summed E-state index contributed by atoms with van der Waals surface area (Å²) in [6.45, 7) is 3.67. The summed E-state index contributed by atoms with van der Waals surface area (Å²) in [5.41, 5.74) is 0.701. The van der Waals surface area contributed by atoms with Crippen LogP contribution in [0.5, 0.6) is 5.75 Å². The van der Waals surface area contributed by atoms with E-state index in [1.165, 1.54) is 18.2 Å². The normalized spacial score (nSPS) is 10.9. The summed E-state index contributed by atoms with van der Waals surface area (Å²) in [5.74, 6) is -0.625. The standard InChI is InChI=1S/C25H26N2O6S/c1-3-32-20-16-14-19(15-17-20)27(34(30,31)21-10-6-5-7-11-21)18-24(28)26-23-13-9-8-12-22(23)25(29)33-4-2/h5-17H,3-4,18H2,1-2H3,(H,26,28). The van der Waals surface area contributed by atoms with Gasteiger partial charge < -0.3 is 14.8 Å². The summed E-state index contributed by atoms with van der Waals surface area (Å²) in [5, 5.41) is 2.63. The Hall–Kier alpha value is -3.85. The molecule has 3 aromatic carbocycles. The number of carbonyl (C=O) groups excluding carboxylic acids is 2. The minimum atomic E-state index is -4.06. The molecule has 3 aromatic rings. The number of benzene rings is 3. The van der Waals surface area contributed by atoms with Gasteiger partial charge in [-0.15, -0.1) is 0 Å². The monoisotopic (exact) mass is 482 g/mol. The van der Waals surface area contributed by atoms with Crippen LogP contribution >= 0.6 is 0 Å². The maximum Gasteiger partial charge on any atom is 0.340 e. The summed E-state index contributed by atoms with van der Waals surface area (Å²) < 4.78 is 38.3. The molecule has 1 amide bonds. The van der Waals surface area contributed by atoms with Crippen LogP contribution in [0.15, 0.2) is 83.8 Å². The first-order valence-corrected chi connectivity index (χ1v) is 12.2. The first kappa shape index (κ1) is 24.8. The number of nitrogens with one attached hydrogen (secondary N) is 1. The smallest absolute Gasteiger partial charge is 0.340 e. The number of carbonyl (C=O) groups is 2. The zero-order valence-corrected chi connectivity index (χ0v) is 19.7. The molecule has 0 saturated heterocycles. The second-order valence-electron chi connectivity index (χ2n) is 7.07. The third-order valence-corrected chi connectivity index (χ3v) is 6.54. The topological polar surface area (TPSA) is 102 Å². The van der Waals surface area contributed by atoms with Gasteiger partial charge >= 0.3 is 5.97 Å². The lowest BCUT2D eigenvalue weighted by Gasteiger charge is -2.24. The Balaban J connectivity index is 1.92. The zero-order valence-electron chi connectivity index (χ0n) is 18.9. The van der Waals surface area contributed by atoms with Crippen molar-refractivity contribution in [3.63, 3.8) is 0 Å². The highest BCUT2D eigenvalue weighted by atomic mass is 32.2. The van der Waals surface area contributed by atoms with E-state index < -0.39 is 28.4 Å². The van der Waals surface area contributed by atoms with Crippen molar-refractivity contribution < 1.29 is 27.5 Å². The van der Waals surface area contributed by atoms with Crippen molar-refractivity contribution in [2.75, 3.05) is 29.4 Å². The van der Waals surface area contributed by atoms with Gasteiger partial charge in [0.05, 0.1) is 35.0 Å². The maximum atomic E-state index is 13.4. The van der Waals surface area contributed by atoms with E-state index in [1.54, 1.807) is 67.6 Å². The largest absolute Gasteiger partial charge is 0.494 e. The predicted octanol–water partition coefficient (Wildman–Crippen LogP) is 4.10. The molecular formula is C25H26N2O6S. The van der Waals surface area contributed by atoms with E-state index in [-0.39, 0.29) is 22.8 Å². The molecule has 0 aromatic heterocycles. The van der Waals surface area contributed by atoms with Crippen molar-refractivity contribution in [2.45, 2.75) is 18.7 Å². The number of nitrogens with zero attached hydrogens (tertiary/aromatic N) is 1. The number of rotatable bonds is 10. The van der Waals surface area contributed by atoms with Crippen LogP contribution in [0, 0.1) is 0 Å². The molecule has 0 spiro atoms. The molecular weight excluding hydrogens is 456 g/mol. The van der Waals surface area contributed by atoms with E-state index >= 15 is 0 Å². The Morgan fingerprint density at radius 1 is 0.853 bits per heavy atom. The quantitative estimate of drug-likeness (QED) is 0.437. The van der Waals surface area contributed by atoms with E-state index in [2.05, 4.69) is 5.32 Å². The van der Waals surface area contributed by atoms with Crippen molar-refractivity contribution in [1.29, 1.82) is 0 Å². The molecule has 3 rings (SSSR count). The van der Waals surface area contributed by atoms with Crippen LogP contribution in [0.4, 0.5) is 11.4 Å². The van der Waals surface area contributed by atoms with Crippen molar-refractivity contribution in [3.05, 3.63) is 84.4 Å². The van der Waals surface area contributed by atoms with Gasteiger partial charge in [0.2, 0.25) is 5.91 Å². The van der Waals surface area contributed by atoms with Gasteiger partial charge in [-0.2, -0.15) is 0 Å². The zero-order chi connectivity index (χ0) is 24.6. The second-order valence-corrected chi connectivity index (χ2v) is 8.93. The Morgan fingerprint density at radius 3 is 2.15 bits per heavy atom. The molecule has 8 nitrogen and oxygen atoms in total. The molecule has 9 heteroatoms. The van der Waals surface area contributed by atoms with Crippen molar-refractivity contribution >= 4 is 33.3 Å². The molecule has 34 heavy (non-hydrogen) atoms. The highest BCUT2D eigenvalue weighted by Gasteiger charge is 2.27. The molecule has 0 aliphatic carbocycles. The van der Waals surface area contributed by atoms with E-state index in [1.807, 2.05) is 6.92 Å². The number of esters is 1. The Bertz CT molecular complexity index is 1230. The third-order valence-electron chi connectivity index (χ3n) is 4.75. The molecule has 0 unspecified atom stereocenters. The van der Waals surface area contributed by atoms with Gasteiger partial charge in [-0.1, -0.05) is 30.3 Å². The van der Waals surface area contributed by atoms with E-state index in [0.29, 0.717) is 18.0 Å². The van der Waals surface area contributed by atoms with Crippen LogP contribution in [0.2, 0.25) is 0 Å². The second kappa shape index (κ2) is 11.3. The fourth-order valence-electron chi connectivity index (χ4n) is 3.21. The minimum Gasteiger partial charge on any atom is -0.494 e. The fourth-order valence-corrected chi connectivity index (χ4v) is 4.65. The van der Waals surface area contributed by atoms with Crippen LogP contribution in [0.1, 0.15) is 24.2 Å². The number of amides is 1. The fraction of sp³-hybridized carbons (Fsp3) is 0.200. The Morgan fingerprint density at radius 2 is 1.50 bits per heavy atom.